The molecule has 0 saturated heterocycles. The molecule has 0 atom stereocenters. The summed E-state index contributed by atoms with van der Waals surface area (Å²) in [5.74, 6) is -0.187. The Morgan fingerprint density at radius 1 is 1.43 bits per heavy atom. The van der Waals surface area contributed by atoms with E-state index in [-0.39, 0.29) is 27.5 Å². The molecule has 0 aliphatic heterocycles. The third-order valence-corrected chi connectivity index (χ3v) is 5.36. The van der Waals surface area contributed by atoms with Gasteiger partial charge >= 0.3 is 0 Å². The van der Waals surface area contributed by atoms with E-state index in [4.69, 9.17) is 15.4 Å². The van der Waals surface area contributed by atoms with Crippen LogP contribution in [0.25, 0.3) is 0 Å². The number of hydrogen-bond donors (Lipinski definition) is 1. The highest BCUT2D eigenvalue weighted by atomic mass is 35.7. The van der Waals surface area contributed by atoms with Gasteiger partial charge in [-0.1, -0.05) is 6.92 Å². The maximum absolute atomic E-state index is 12.1. The maximum Gasteiger partial charge on any atom is 0.265 e. The van der Waals surface area contributed by atoms with Crippen molar-refractivity contribution >= 4 is 25.6 Å². The number of hydrogen-bond acceptors (Lipinski definition) is 4. The molecule has 0 heterocycles. The van der Waals surface area contributed by atoms with E-state index in [9.17, 15) is 13.2 Å². The summed E-state index contributed by atoms with van der Waals surface area (Å²) in [6, 6.07) is 4.18. The quantitative estimate of drug-likeness (QED) is 0.813. The van der Waals surface area contributed by atoms with Crippen molar-refractivity contribution in [3.05, 3.63) is 23.8 Å². The molecule has 0 unspecified atom stereocenters. The number of benzene rings is 1. The van der Waals surface area contributed by atoms with Crippen molar-refractivity contribution in [2.75, 3.05) is 13.7 Å². The molecular formula is C14H18ClNO4S. The molecule has 1 aliphatic rings. The molecule has 21 heavy (non-hydrogen) atoms. The van der Waals surface area contributed by atoms with E-state index in [0.29, 0.717) is 6.54 Å². The van der Waals surface area contributed by atoms with Gasteiger partial charge in [-0.25, -0.2) is 8.42 Å². The fourth-order valence-electron chi connectivity index (χ4n) is 2.21. The fraction of sp³-hybridized carbons (Fsp3) is 0.500. The first kappa shape index (κ1) is 16.1. The first-order chi connectivity index (χ1) is 9.81. The molecule has 0 bridgehead atoms. The summed E-state index contributed by atoms with van der Waals surface area (Å²) in [4.78, 5) is 11.9. The van der Waals surface area contributed by atoms with Crippen LogP contribution in [0.15, 0.2) is 23.1 Å². The van der Waals surface area contributed by atoms with Crippen LogP contribution in [0.4, 0.5) is 0 Å². The largest absolute Gasteiger partial charge is 0.495 e. The zero-order valence-corrected chi connectivity index (χ0v) is 13.6. The standard InChI is InChI=1S/C14H18ClNO4S/c1-3-14(6-7-14)9-16-13(17)10-4-5-11(20-2)12(8-10)21(15,18)19/h4-5,8H,3,6-7,9H2,1-2H3,(H,16,17). The Morgan fingerprint density at radius 3 is 2.57 bits per heavy atom. The molecule has 1 saturated carbocycles. The fourth-order valence-corrected chi connectivity index (χ4v) is 3.23. The van der Waals surface area contributed by atoms with Crippen LogP contribution in [0.3, 0.4) is 0 Å². The highest BCUT2D eigenvalue weighted by Gasteiger charge is 2.40. The minimum absolute atomic E-state index is 0.119. The number of nitrogens with one attached hydrogen (secondary N) is 1. The predicted molar refractivity (Wildman–Crippen MR) is 80.3 cm³/mol. The molecule has 0 spiro atoms. The van der Waals surface area contributed by atoms with Crippen LogP contribution in [0.1, 0.15) is 36.5 Å². The minimum Gasteiger partial charge on any atom is -0.495 e. The predicted octanol–water partition coefficient (Wildman–Crippen LogP) is 2.54. The molecule has 0 radical (unpaired) electrons. The van der Waals surface area contributed by atoms with Crippen LogP contribution in [-0.2, 0) is 9.05 Å². The smallest absolute Gasteiger partial charge is 0.265 e. The number of ether oxygens (including phenoxy) is 1. The summed E-state index contributed by atoms with van der Waals surface area (Å²) in [5.41, 5.74) is 0.478. The number of rotatable bonds is 6. The van der Waals surface area contributed by atoms with E-state index in [1.807, 2.05) is 0 Å². The van der Waals surface area contributed by atoms with Gasteiger partial charge in [0, 0.05) is 22.8 Å². The second-order valence-corrected chi connectivity index (χ2v) is 7.87. The van der Waals surface area contributed by atoms with Crippen molar-refractivity contribution in [2.24, 2.45) is 5.41 Å². The first-order valence-electron chi connectivity index (χ1n) is 6.72. The Labute approximate surface area is 129 Å². The van der Waals surface area contributed by atoms with Crippen molar-refractivity contribution in [1.82, 2.24) is 5.32 Å². The van der Waals surface area contributed by atoms with Crippen LogP contribution < -0.4 is 10.1 Å². The maximum atomic E-state index is 12.1. The zero-order valence-electron chi connectivity index (χ0n) is 12.0. The Bertz CT molecular complexity index is 653. The summed E-state index contributed by atoms with van der Waals surface area (Å²) in [6.45, 7) is 2.71. The van der Waals surface area contributed by atoms with Gasteiger partial charge in [0.2, 0.25) is 0 Å². The van der Waals surface area contributed by atoms with Crippen LogP contribution in [-0.4, -0.2) is 28.0 Å². The first-order valence-corrected chi connectivity index (χ1v) is 9.03. The number of amides is 1. The molecule has 1 amide bonds. The molecule has 1 fully saturated rings. The highest BCUT2D eigenvalue weighted by Crippen LogP contribution is 2.47. The van der Waals surface area contributed by atoms with E-state index >= 15 is 0 Å². The average Bonchev–Trinajstić information content (AvgIpc) is 3.24. The van der Waals surface area contributed by atoms with E-state index in [1.165, 1.54) is 25.3 Å². The molecule has 0 aromatic heterocycles. The van der Waals surface area contributed by atoms with Crippen molar-refractivity contribution < 1.29 is 17.9 Å². The number of carbonyl (C=O) groups is 1. The lowest BCUT2D eigenvalue weighted by molar-refractivity contribution is 0.0944. The van der Waals surface area contributed by atoms with Crippen molar-refractivity contribution in [3.8, 4) is 5.75 Å². The van der Waals surface area contributed by atoms with Gasteiger partial charge in [0.1, 0.15) is 10.6 Å². The van der Waals surface area contributed by atoms with E-state index in [1.54, 1.807) is 0 Å². The lowest BCUT2D eigenvalue weighted by Gasteiger charge is -2.14. The molecule has 5 nitrogen and oxygen atoms in total. The van der Waals surface area contributed by atoms with Crippen LogP contribution in [0.2, 0.25) is 0 Å². The second kappa shape index (κ2) is 5.85. The van der Waals surface area contributed by atoms with Gasteiger partial charge in [0.05, 0.1) is 7.11 Å². The third kappa shape index (κ3) is 3.68. The summed E-state index contributed by atoms with van der Waals surface area (Å²) < 4.78 is 28.0. The lowest BCUT2D eigenvalue weighted by atomic mass is 10.0. The summed E-state index contributed by atoms with van der Waals surface area (Å²) in [6.07, 6.45) is 3.26. The van der Waals surface area contributed by atoms with Gasteiger partial charge in [-0.3, -0.25) is 4.79 Å². The minimum atomic E-state index is -3.97. The molecule has 2 rings (SSSR count). The lowest BCUT2D eigenvalue weighted by Crippen LogP contribution is -2.30. The van der Waals surface area contributed by atoms with Gasteiger partial charge in [-0.05, 0) is 42.9 Å². The van der Waals surface area contributed by atoms with E-state index in [0.717, 1.165) is 19.3 Å². The summed E-state index contributed by atoms with van der Waals surface area (Å²) in [5, 5.41) is 2.85. The number of halogens is 1. The molecule has 7 heteroatoms. The summed E-state index contributed by atoms with van der Waals surface area (Å²) in [7, 11) is 2.74. The van der Waals surface area contributed by atoms with Gasteiger partial charge in [0.25, 0.3) is 15.0 Å². The molecule has 1 aromatic carbocycles. The van der Waals surface area contributed by atoms with Gasteiger partial charge in [-0.2, -0.15) is 0 Å². The molecular weight excluding hydrogens is 314 g/mol. The van der Waals surface area contributed by atoms with Crippen LogP contribution in [0, 0.1) is 5.41 Å². The number of carbonyl (C=O) groups excluding carboxylic acids is 1. The Hall–Kier alpha value is -1.27. The highest BCUT2D eigenvalue weighted by molar-refractivity contribution is 8.13. The van der Waals surface area contributed by atoms with Crippen molar-refractivity contribution in [1.29, 1.82) is 0 Å². The molecule has 1 N–H and O–H groups in total. The van der Waals surface area contributed by atoms with Crippen molar-refractivity contribution in [2.45, 2.75) is 31.1 Å². The monoisotopic (exact) mass is 331 g/mol. The van der Waals surface area contributed by atoms with Gasteiger partial charge in [-0.15, -0.1) is 0 Å². The third-order valence-electron chi connectivity index (χ3n) is 4.02. The molecule has 1 aromatic rings. The normalized spacial score (nSPS) is 16.3. The molecule has 1 aliphatic carbocycles. The van der Waals surface area contributed by atoms with Crippen LogP contribution in [0.5, 0.6) is 5.75 Å². The van der Waals surface area contributed by atoms with E-state index in [2.05, 4.69) is 12.2 Å². The Morgan fingerprint density at radius 2 is 2.10 bits per heavy atom. The summed E-state index contributed by atoms with van der Waals surface area (Å²) >= 11 is 0. The van der Waals surface area contributed by atoms with Crippen molar-refractivity contribution in [3.63, 3.8) is 0 Å². The van der Waals surface area contributed by atoms with Crippen LogP contribution >= 0.6 is 10.7 Å². The number of methoxy groups -OCH3 is 1. The second-order valence-electron chi connectivity index (χ2n) is 5.34. The molecule has 116 valence electrons. The van der Waals surface area contributed by atoms with Gasteiger partial charge in [0.15, 0.2) is 0 Å². The Balaban J connectivity index is 2.18. The Kier molecular flexibility index (Phi) is 4.49. The van der Waals surface area contributed by atoms with Gasteiger partial charge < -0.3 is 10.1 Å². The average molecular weight is 332 g/mol. The van der Waals surface area contributed by atoms with E-state index < -0.39 is 9.05 Å². The SMILES string of the molecule is CCC1(CNC(=O)c2ccc(OC)c(S(=O)(=O)Cl)c2)CC1. The topological polar surface area (TPSA) is 72.5 Å². The zero-order chi connectivity index (χ0) is 15.7.